The summed E-state index contributed by atoms with van der Waals surface area (Å²) in [5.74, 6) is -0.460. The number of aromatic carboxylic acids is 1. The van der Waals surface area contributed by atoms with E-state index < -0.39 is 5.97 Å². The van der Waals surface area contributed by atoms with Crippen molar-refractivity contribution in [1.29, 1.82) is 0 Å². The third-order valence-electron chi connectivity index (χ3n) is 3.67. The summed E-state index contributed by atoms with van der Waals surface area (Å²) in [6, 6.07) is 19.3. The predicted molar refractivity (Wildman–Crippen MR) is 94.1 cm³/mol. The number of hydrogen-bond acceptors (Lipinski definition) is 4. The van der Waals surface area contributed by atoms with Crippen LogP contribution < -0.4 is 10.1 Å². The molecule has 0 bridgehead atoms. The van der Waals surface area contributed by atoms with Gasteiger partial charge in [0.1, 0.15) is 18.1 Å². The molecule has 6 heteroatoms. The standard InChI is InChI=1S/C20H17NO5/c22-19(21-12-14-4-2-1-3-5-14)15-6-8-16(9-7-15)25-13-17-10-11-18(26-17)20(23)24/h1-11H,12-13H2,(H,21,22)(H,23,24). The molecule has 0 aliphatic rings. The Bertz CT molecular complexity index is 884. The maximum Gasteiger partial charge on any atom is 0.371 e. The number of hydrogen-bond donors (Lipinski definition) is 2. The van der Waals surface area contributed by atoms with Crippen LogP contribution in [0.15, 0.2) is 71.1 Å². The number of carboxylic acid groups (broad SMARTS) is 1. The molecular weight excluding hydrogens is 334 g/mol. The van der Waals surface area contributed by atoms with Gasteiger partial charge in [-0.1, -0.05) is 30.3 Å². The van der Waals surface area contributed by atoms with Crippen LogP contribution in [0.1, 0.15) is 32.2 Å². The van der Waals surface area contributed by atoms with Crippen LogP contribution in [0, 0.1) is 0 Å². The van der Waals surface area contributed by atoms with Gasteiger partial charge in [0.25, 0.3) is 5.91 Å². The highest BCUT2D eigenvalue weighted by atomic mass is 16.5. The van der Waals surface area contributed by atoms with Gasteiger partial charge < -0.3 is 19.6 Å². The zero-order valence-corrected chi connectivity index (χ0v) is 13.8. The van der Waals surface area contributed by atoms with Crippen molar-refractivity contribution in [1.82, 2.24) is 5.32 Å². The fraction of sp³-hybridized carbons (Fsp3) is 0.100. The molecule has 0 saturated heterocycles. The topological polar surface area (TPSA) is 88.8 Å². The number of nitrogens with one attached hydrogen (secondary N) is 1. The fourth-order valence-corrected chi connectivity index (χ4v) is 2.31. The molecule has 1 amide bonds. The van der Waals surface area contributed by atoms with Gasteiger partial charge in [-0.15, -0.1) is 0 Å². The van der Waals surface area contributed by atoms with Crippen molar-refractivity contribution in [2.24, 2.45) is 0 Å². The molecule has 0 fully saturated rings. The zero-order chi connectivity index (χ0) is 18.4. The molecule has 0 spiro atoms. The lowest BCUT2D eigenvalue weighted by Crippen LogP contribution is -2.22. The number of furan rings is 1. The second kappa shape index (κ2) is 8.02. The van der Waals surface area contributed by atoms with E-state index in [9.17, 15) is 9.59 Å². The van der Waals surface area contributed by atoms with E-state index in [1.54, 1.807) is 30.3 Å². The van der Waals surface area contributed by atoms with E-state index >= 15 is 0 Å². The number of ether oxygens (including phenoxy) is 1. The first-order valence-corrected chi connectivity index (χ1v) is 7.99. The van der Waals surface area contributed by atoms with Crippen LogP contribution in [0.25, 0.3) is 0 Å². The van der Waals surface area contributed by atoms with E-state index in [0.717, 1.165) is 5.56 Å². The molecule has 0 aliphatic carbocycles. The smallest absolute Gasteiger partial charge is 0.371 e. The van der Waals surface area contributed by atoms with E-state index in [-0.39, 0.29) is 18.3 Å². The number of rotatable bonds is 7. The average molecular weight is 351 g/mol. The van der Waals surface area contributed by atoms with Crippen LogP contribution in [0.3, 0.4) is 0 Å². The van der Waals surface area contributed by atoms with Gasteiger partial charge in [0.15, 0.2) is 0 Å². The Morgan fingerprint density at radius 3 is 2.35 bits per heavy atom. The SMILES string of the molecule is O=C(NCc1ccccc1)c1ccc(OCc2ccc(C(=O)O)o2)cc1. The monoisotopic (exact) mass is 351 g/mol. The third-order valence-corrected chi connectivity index (χ3v) is 3.67. The lowest BCUT2D eigenvalue weighted by molar-refractivity contribution is 0.0658. The summed E-state index contributed by atoms with van der Waals surface area (Å²) in [6.45, 7) is 0.565. The maximum absolute atomic E-state index is 12.2. The largest absolute Gasteiger partial charge is 0.486 e. The van der Waals surface area contributed by atoms with Gasteiger partial charge in [0.05, 0.1) is 0 Å². The number of amides is 1. The summed E-state index contributed by atoms with van der Waals surface area (Å²) in [7, 11) is 0. The number of carbonyl (C=O) groups excluding carboxylic acids is 1. The molecule has 3 rings (SSSR count). The van der Waals surface area contributed by atoms with Gasteiger partial charge in [-0.2, -0.15) is 0 Å². The average Bonchev–Trinajstić information content (AvgIpc) is 3.15. The van der Waals surface area contributed by atoms with Crippen LogP contribution >= 0.6 is 0 Å². The molecule has 0 unspecified atom stereocenters. The first kappa shape index (κ1) is 17.3. The zero-order valence-electron chi connectivity index (χ0n) is 13.8. The van der Waals surface area contributed by atoms with E-state index in [2.05, 4.69) is 5.32 Å². The van der Waals surface area contributed by atoms with Crippen LogP contribution in [0.4, 0.5) is 0 Å². The summed E-state index contributed by atoms with van der Waals surface area (Å²) >= 11 is 0. The highest BCUT2D eigenvalue weighted by molar-refractivity contribution is 5.94. The Labute approximate surface area is 150 Å². The van der Waals surface area contributed by atoms with Crippen molar-refractivity contribution in [3.63, 3.8) is 0 Å². The molecule has 0 atom stereocenters. The van der Waals surface area contributed by atoms with Crippen molar-refractivity contribution in [2.45, 2.75) is 13.2 Å². The normalized spacial score (nSPS) is 10.3. The predicted octanol–water partition coefficient (Wildman–Crippen LogP) is 3.49. The minimum absolute atomic E-state index is 0.104. The Hall–Kier alpha value is -3.54. The third kappa shape index (κ3) is 4.51. The van der Waals surface area contributed by atoms with E-state index in [1.807, 2.05) is 30.3 Å². The quantitative estimate of drug-likeness (QED) is 0.680. The van der Waals surface area contributed by atoms with Gasteiger partial charge >= 0.3 is 5.97 Å². The van der Waals surface area contributed by atoms with Crippen molar-refractivity contribution in [3.8, 4) is 5.75 Å². The minimum Gasteiger partial charge on any atom is -0.486 e. The summed E-state index contributed by atoms with van der Waals surface area (Å²) in [5, 5.41) is 11.7. The molecule has 1 heterocycles. The molecule has 26 heavy (non-hydrogen) atoms. The molecule has 0 saturated carbocycles. The fourth-order valence-electron chi connectivity index (χ4n) is 2.31. The highest BCUT2D eigenvalue weighted by Gasteiger charge is 2.10. The van der Waals surface area contributed by atoms with Crippen LogP contribution in [-0.2, 0) is 13.2 Å². The van der Waals surface area contributed by atoms with Gasteiger partial charge in [-0.25, -0.2) is 4.79 Å². The first-order chi connectivity index (χ1) is 12.6. The first-order valence-electron chi connectivity index (χ1n) is 7.99. The number of benzene rings is 2. The molecule has 3 aromatic rings. The van der Waals surface area contributed by atoms with Gasteiger partial charge in [0, 0.05) is 12.1 Å². The molecule has 132 valence electrons. The molecule has 1 aromatic heterocycles. The molecule has 2 aromatic carbocycles. The Kier molecular flexibility index (Phi) is 5.34. The second-order valence-corrected chi connectivity index (χ2v) is 5.55. The van der Waals surface area contributed by atoms with E-state index in [1.165, 1.54) is 6.07 Å². The Balaban J connectivity index is 1.52. The Morgan fingerprint density at radius 2 is 1.69 bits per heavy atom. The lowest BCUT2D eigenvalue weighted by Gasteiger charge is -2.07. The van der Waals surface area contributed by atoms with Gasteiger partial charge in [-0.05, 0) is 42.0 Å². The van der Waals surface area contributed by atoms with E-state index in [4.69, 9.17) is 14.3 Å². The molecule has 2 N–H and O–H groups in total. The number of carbonyl (C=O) groups is 2. The van der Waals surface area contributed by atoms with Crippen molar-refractivity contribution in [3.05, 3.63) is 89.4 Å². The molecule has 0 aliphatic heterocycles. The summed E-state index contributed by atoms with van der Waals surface area (Å²) in [5.41, 5.74) is 1.56. The van der Waals surface area contributed by atoms with Crippen molar-refractivity contribution < 1.29 is 23.8 Å². The number of carboxylic acids is 1. The summed E-state index contributed by atoms with van der Waals surface area (Å²) < 4.78 is 10.6. The maximum atomic E-state index is 12.2. The minimum atomic E-state index is -1.12. The Morgan fingerprint density at radius 1 is 0.962 bits per heavy atom. The summed E-state index contributed by atoms with van der Waals surface area (Å²) in [4.78, 5) is 22.9. The van der Waals surface area contributed by atoms with Gasteiger partial charge in [0.2, 0.25) is 5.76 Å². The van der Waals surface area contributed by atoms with Crippen LogP contribution in [-0.4, -0.2) is 17.0 Å². The van der Waals surface area contributed by atoms with Crippen molar-refractivity contribution in [2.75, 3.05) is 0 Å². The van der Waals surface area contributed by atoms with E-state index in [0.29, 0.717) is 23.6 Å². The summed E-state index contributed by atoms with van der Waals surface area (Å²) in [6.07, 6.45) is 0. The van der Waals surface area contributed by atoms with Crippen LogP contribution in [0.5, 0.6) is 5.75 Å². The second-order valence-electron chi connectivity index (χ2n) is 5.55. The highest BCUT2D eigenvalue weighted by Crippen LogP contribution is 2.16. The van der Waals surface area contributed by atoms with Crippen LogP contribution in [0.2, 0.25) is 0 Å². The molecular formula is C20H17NO5. The molecule has 0 radical (unpaired) electrons. The van der Waals surface area contributed by atoms with Crippen molar-refractivity contribution >= 4 is 11.9 Å². The van der Waals surface area contributed by atoms with Gasteiger partial charge in [-0.3, -0.25) is 4.79 Å². The molecule has 6 nitrogen and oxygen atoms in total. The lowest BCUT2D eigenvalue weighted by atomic mass is 10.2.